The Morgan fingerprint density at radius 3 is 1.52 bits per heavy atom. The topological polar surface area (TPSA) is 287 Å². The van der Waals surface area contributed by atoms with Crippen LogP contribution < -0.4 is 38.6 Å². The molecule has 5 rings (SSSR count). The van der Waals surface area contributed by atoms with Gasteiger partial charge in [-0.2, -0.15) is 4.28 Å². The summed E-state index contributed by atoms with van der Waals surface area (Å²) < 4.78 is 23.1. The zero-order valence-electron chi connectivity index (χ0n) is 38.4. The number of hydrogen-bond donors (Lipinski definition) is 7. The zero-order valence-corrected chi connectivity index (χ0v) is 41.7. The van der Waals surface area contributed by atoms with Crippen molar-refractivity contribution in [2.24, 2.45) is 42.1 Å². The number of nitrogens with one attached hydrogen (secondary N) is 4. The first-order valence-corrected chi connectivity index (χ1v) is 21.9. The number of thiazole rings is 2. The van der Waals surface area contributed by atoms with Gasteiger partial charge >= 0.3 is 21.9 Å². The van der Waals surface area contributed by atoms with E-state index in [-0.39, 0.29) is 48.4 Å². The van der Waals surface area contributed by atoms with Crippen molar-refractivity contribution < 1.29 is 17.8 Å². The van der Waals surface area contributed by atoms with Gasteiger partial charge in [-0.15, -0.1) is 15.7 Å². The second-order valence-corrected chi connectivity index (χ2v) is 22.4. The Kier molecular flexibility index (Phi) is 21.1. The van der Waals surface area contributed by atoms with E-state index in [1.807, 2.05) is 93.8 Å². The fraction of sp³-hybridized carbons (Fsp3) is 0.658. The highest BCUT2D eigenvalue weighted by Gasteiger charge is 2.26. The molecule has 5 heterocycles. The van der Waals surface area contributed by atoms with Gasteiger partial charge in [-0.05, 0) is 12.2 Å². The molecule has 1 atom stereocenters. The lowest BCUT2D eigenvalue weighted by Crippen LogP contribution is -2.34. The summed E-state index contributed by atoms with van der Waals surface area (Å²) in [7, 11) is 0. The molecule has 0 fully saturated rings. The number of nitrogens with two attached hydrogens (primary N) is 3. The summed E-state index contributed by atoms with van der Waals surface area (Å²) in [6.45, 7) is 36.5. The van der Waals surface area contributed by atoms with Crippen molar-refractivity contribution in [3.05, 3.63) is 48.2 Å². The van der Waals surface area contributed by atoms with Gasteiger partial charge in [-0.3, -0.25) is 24.1 Å². The Labute approximate surface area is 370 Å². The number of nitrogens with zero attached hydrogens (tertiary/aromatic N) is 5. The van der Waals surface area contributed by atoms with Crippen molar-refractivity contribution in [1.82, 2.24) is 30.9 Å². The van der Waals surface area contributed by atoms with E-state index in [0.29, 0.717) is 29.2 Å². The number of carbonyl (C=O) groups excluding carboxylic acids is 1. The van der Waals surface area contributed by atoms with E-state index in [1.54, 1.807) is 0 Å². The lowest BCUT2D eigenvalue weighted by atomic mass is 9.93. The van der Waals surface area contributed by atoms with Crippen LogP contribution in [0.1, 0.15) is 142 Å². The number of thiocarbonyl (C=S) groups is 1. The first-order valence-electron chi connectivity index (χ1n) is 18.7. The molecule has 0 spiro atoms. The summed E-state index contributed by atoms with van der Waals surface area (Å²) in [6, 6.07) is 0. The number of carbonyl (C=O) groups is 1. The SMILES string of the molecule is CC(C)(C)C(N)=NC(N)=S.CC(C)(C)C1=NCC(=O)N1.CC(C)(C)C1=NS(=O)ON1.CC(C)(C)c1csc(=O)[nH]1.CC(C)(C)c1csc(N)n1.CC(C)(C)c1noc(=O)[nH]1. The van der Waals surface area contributed by atoms with Crippen molar-refractivity contribution >= 4 is 79.8 Å². The quantitative estimate of drug-likeness (QED) is 0.0757. The standard InChI is InChI=1S/C7H12N2O.C7H12N2S.C7H11NOS.C6H13N3S.C6H10N2O2.C5H10N2O2S/c1-7(2,3)6-8-4-5(10)9-6;1-7(2,3)5-4-10-6(8)9-5;1-7(2,3)5-4-10-6(9)8-5;1-6(2,3)4(7)9-5(8)10;1-6(2,3)4-7-5(9)10-8-4;1-5(2,3)4-6-9-10(8)7-4/h4H2,1-3H3,(H,8,9,10);4H,1-3H3,(H2,8,9);4H,1-3H3,(H,8,9);1-3H3,(H4,7,8,9,10);1-3H3,(H,7,8,9);1-3H3,(H,6,7). The van der Waals surface area contributed by atoms with E-state index in [2.05, 4.69) is 108 Å². The molecule has 3 aromatic heterocycles. The highest BCUT2D eigenvalue weighted by atomic mass is 32.2. The number of amidine groups is 3. The van der Waals surface area contributed by atoms with Crippen LogP contribution in [0.3, 0.4) is 0 Å². The van der Waals surface area contributed by atoms with Crippen LogP contribution in [0.5, 0.6) is 0 Å². The molecule has 3 aromatic rings. The summed E-state index contributed by atoms with van der Waals surface area (Å²) >= 11 is 5.75. The van der Waals surface area contributed by atoms with Crippen molar-refractivity contribution in [2.75, 3.05) is 12.3 Å². The monoisotopic (exact) mass is 916 g/mol. The molecule has 340 valence electrons. The highest BCUT2D eigenvalue weighted by Crippen LogP contribution is 2.24. The number of amides is 1. The molecule has 0 aromatic carbocycles. The number of rotatable bonds is 0. The molecule has 0 radical (unpaired) electrons. The third-order valence-electron chi connectivity index (χ3n) is 7.20. The van der Waals surface area contributed by atoms with Crippen LogP contribution in [0, 0.1) is 16.2 Å². The zero-order chi connectivity index (χ0) is 47.2. The summed E-state index contributed by atoms with van der Waals surface area (Å²) in [5.41, 5.74) is 20.5. The number of nitrogen functional groups attached to an aromatic ring is 1. The van der Waals surface area contributed by atoms with E-state index in [1.165, 1.54) is 22.7 Å². The van der Waals surface area contributed by atoms with E-state index >= 15 is 0 Å². The number of H-pyrrole nitrogens is 2. The second-order valence-electron chi connectivity index (χ2n) is 19.5. The van der Waals surface area contributed by atoms with Crippen molar-refractivity contribution in [2.45, 2.75) is 141 Å². The number of aromatic amines is 2. The largest absolute Gasteiger partial charge is 0.438 e. The van der Waals surface area contributed by atoms with Gasteiger partial charge in [-0.1, -0.05) is 141 Å². The lowest BCUT2D eigenvalue weighted by molar-refractivity contribution is -0.117. The molecule has 0 saturated carbocycles. The molecule has 18 nitrogen and oxygen atoms in total. The maximum Gasteiger partial charge on any atom is 0.438 e. The highest BCUT2D eigenvalue weighted by molar-refractivity contribution is 7.80. The molecule has 1 unspecified atom stereocenters. The Hall–Kier alpha value is -4.12. The summed E-state index contributed by atoms with van der Waals surface area (Å²) in [5, 5.41) is 10.9. The molecule has 0 bridgehead atoms. The number of hydrogen-bond acceptors (Lipinski definition) is 14. The first-order chi connectivity index (χ1) is 26.8. The van der Waals surface area contributed by atoms with E-state index in [0.717, 1.165) is 17.2 Å². The maximum absolute atomic E-state index is 10.7. The molecule has 10 N–H and O–H groups in total. The van der Waals surface area contributed by atoms with Gasteiger partial charge in [-0.25, -0.2) is 24.5 Å². The molecule has 60 heavy (non-hydrogen) atoms. The molecular formula is C38H68N12O6S4. The molecule has 2 aliphatic rings. The van der Waals surface area contributed by atoms with Gasteiger partial charge < -0.3 is 27.5 Å². The van der Waals surface area contributed by atoms with Crippen LogP contribution >= 0.6 is 34.9 Å². The fourth-order valence-electron chi connectivity index (χ4n) is 3.38. The van der Waals surface area contributed by atoms with Crippen molar-refractivity contribution in [3.8, 4) is 0 Å². The average Bonchev–Trinajstić information content (AvgIpc) is 3.88. The Morgan fingerprint density at radius 1 is 0.783 bits per heavy atom. The number of aromatic nitrogens is 4. The molecule has 0 aliphatic carbocycles. The molecule has 1 amide bonds. The normalized spacial score (nSPS) is 15.6. The van der Waals surface area contributed by atoms with Crippen LogP contribution in [0.2, 0.25) is 0 Å². The fourth-order valence-corrected chi connectivity index (χ4v) is 5.72. The third-order valence-corrected chi connectivity index (χ3v) is 9.20. The van der Waals surface area contributed by atoms with Crippen LogP contribution in [0.4, 0.5) is 5.13 Å². The minimum Gasteiger partial charge on any atom is -0.387 e. The Bertz CT molecular complexity index is 2000. The molecule has 2 aliphatic heterocycles. The predicted molar refractivity (Wildman–Crippen MR) is 252 cm³/mol. The van der Waals surface area contributed by atoms with Crippen LogP contribution in [0.15, 0.2) is 39.3 Å². The van der Waals surface area contributed by atoms with Gasteiger partial charge in [0, 0.05) is 48.9 Å². The van der Waals surface area contributed by atoms with Crippen molar-refractivity contribution in [3.63, 3.8) is 0 Å². The van der Waals surface area contributed by atoms with E-state index in [9.17, 15) is 18.6 Å². The molecule has 22 heteroatoms. The second kappa shape index (κ2) is 22.6. The van der Waals surface area contributed by atoms with Crippen molar-refractivity contribution in [1.29, 1.82) is 0 Å². The van der Waals surface area contributed by atoms with Gasteiger partial charge in [0.1, 0.15) is 24.1 Å². The number of aliphatic imine (C=N–C) groups is 2. The Morgan fingerprint density at radius 2 is 1.33 bits per heavy atom. The summed E-state index contributed by atoms with van der Waals surface area (Å²) in [4.78, 5) is 49.1. The molecule has 0 saturated heterocycles. The Balaban J connectivity index is 0.000000696. The minimum absolute atomic E-state index is 0.00456. The smallest absolute Gasteiger partial charge is 0.387 e. The lowest BCUT2D eigenvalue weighted by Gasteiger charge is -2.17. The van der Waals surface area contributed by atoms with E-state index in [4.69, 9.17) is 17.2 Å². The average molecular weight is 917 g/mol. The van der Waals surface area contributed by atoms with Gasteiger partial charge in [0.25, 0.3) is 0 Å². The summed E-state index contributed by atoms with van der Waals surface area (Å²) in [6.07, 6.45) is 0. The summed E-state index contributed by atoms with van der Waals surface area (Å²) in [5.74, 6) is 2.00. The number of hydroxylamine groups is 1. The van der Waals surface area contributed by atoms with Gasteiger partial charge in [0.15, 0.2) is 16.1 Å². The van der Waals surface area contributed by atoms with Crippen LogP contribution in [0.25, 0.3) is 0 Å². The van der Waals surface area contributed by atoms with Crippen LogP contribution in [-0.4, -0.2) is 59.4 Å². The predicted octanol–water partition coefficient (Wildman–Crippen LogP) is 6.16. The first kappa shape index (κ1) is 55.9. The molecular weight excluding hydrogens is 849 g/mol. The van der Waals surface area contributed by atoms with Gasteiger partial charge in [0.2, 0.25) is 5.91 Å². The van der Waals surface area contributed by atoms with Gasteiger partial charge in [0.05, 0.1) is 5.69 Å². The van der Waals surface area contributed by atoms with Crippen LogP contribution in [-0.2, 0) is 36.6 Å². The number of anilines is 1. The maximum atomic E-state index is 10.7. The van der Waals surface area contributed by atoms with E-state index < -0.39 is 17.0 Å². The minimum atomic E-state index is -1.52. The third kappa shape index (κ3) is 23.0.